The molecule has 1 aromatic carbocycles. The Morgan fingerprint density at radius 1 is 1.33 bits per heavy atom. The Balaban J connectivity index is 0.00000220. The van der Waals surface area contributed by atoms with Gasteiger partial charge in [0.15, 0.2) is 0 Å². The third-order valence-electron chi connectivity index (χ3n) is 3.48. The van der Waals surface area contributed by atoms with Crippen molar-refractivity contribution in [3.05, 3.63) is 29.3 Å². The smallest absolute Gasteiger partial charge is 0.243 e. The van der Waals surface area contributed by atoms with Gasteiger partial charge in [-0.15, -0.1) is 12.4 Å². The Labute approximate surface area is 135 Å². The van der Waals surface area contributed by atoms with Crippen LogP contribution in [-0.2, 0) is 9.59 Å². The molecule has 0 radical (unpaired) electrons. The van der Waals surface area contributed by atoms with Crippen molar-refractivity contribution in [2.75, 3.05) is 25.0 Å². The van der Waals surface area contributed by atoms with Crippen LogP contribution in [0.3, 0.4) is 0 Å². The summed E-state index contributed by atoms with van der Waals surface area (Å²) < 4.78 is 0. The van der Waals surface area contributed by atoms with E-state index in [9.17, 15) is 9.59 Å². The third-order valence-corrected chi connectivity index (χ3v) is 3.74. The Bertz CT molecular complexity index is 489. The van der Waals surface area contributed by atoms with Gasteiger partial charge in [0, 0.05) is 16.6 Å². The fourth-order valence-electron chi connectivity index (χ4n) is 1.95. The van der Waals surface area contributed by atoms with E-state index in [-0.39, 0.29) is 36.7 Å². The van der Waals surface area contributed by atoms with Crippen LogP contribution < -0.4 is 16.0 Å². The van der Waals surface area contributed by atoms with Gasteiger partial charge in [0.25, 0.3) is 0 Å². The van der Waals surface area contributed by atoms with Gasteiger partial charge < -0.3 is 16.0 Å². The maximum Gasteiger partial charge on any atom is 0.243 e. The highest BCUT2D eigenvalue weighted by Crippen LogP contribution is 2.15. The molecule has 0 aromatic heterocycles. The zero-order valence-electron chi connectivity index (χ0n) is 11.7. The summed E-state index contributed by atoms with van der Waals surface area (Å²) in [5, 5.41) is 9.09. The van der Waals surface area contributed by atoms with Crippen molar-refractivity contribution in [3.8, 4) is 0 Å². The van der Waals surface area contributed by atoms with Crippen molar-refractivity contribution in [2.45, 2.75) is 6.92 Å². The fourth-order valence-corrected chi connectivity index (χ4v) is 2.07. The van der Waals surface area contributed by atoms with Gasteiger partial charge in [-0.2, -0.15) is 0 Å². The van der Waals surface area contributed by atoms with E-state index in [0.717, 1.165) is 13.1 Å². The molecule has 1 atom stereocenters. The van der Waals surface area contributed by atoms with Crippen molar-refractivity contribution in [1.29, 1.82) is 0 Å². The van der Waals surface area contributed by atoms with E-state index in [0.29, 0.717) is 16.6 Å². The lowest BCUT2D eigenvalue weighted by Crippen LogP contribution is -2.50. The molecule has 2 amide bonds. The topological polar surface area (TPSA) is 70.2 Å². The Kier molecular flexibility index (Phi) is 6.95. The average Bonchev–Trinajstić information content (AvgIpc) is 2.36. The van der Waals surface area contributed by atoms with Crippen LogP contribution in [0.25, 0.3) is 0 Å². The number of benzene rings is 1. The number of hydrogen-bond donors (Lipinski definition) is 3. The van der Waals surface area contributed by atoms with Crippen LogP contribution in [0.1, 0.15) is 6.92 Å². The van der Waals surface area contributed by atoms with Crippen molar-refractivity contribution >= 4 is 41.5 Å². The van der Waals surface area contributed by atoms with Crippen LogP contribution in [-0.4, -0.2) is 31.4 Å². The molecule has 7 heteroatoms. The van der Waals surface area contributed by atoms with Crippen LogP contribution in [0.5, 0.6) is 0 Å². The van der Waals surface area contributed by atoms with Crippen LogP contribution >= 0.6 is 24.0 Å². The van der Waals surface area contributed by atoms with E-state index >= 15 is 0 Å². The Hall–Kier alpha value is -1.30. The molecule has 116 valence electrons. The first-order valence-electron chi connectivity index (χ1n) is 6.60. The number of nitrogens with one attached hydrogen (secondary N) is 3. The Morgan fingerprint density at radius 3 is 2.48 bits per heavy atom. The molecule has 1 aliphatic heterocycles. The quantitative estimate of drug-likeness (QED) is 0.768. The molecule has 0 bridgehead atoms. The van der Waals surface area contributed by atoms with Crippen molar-refractivity contribution in [1.82, 2.24) is 10.6 Å². The minimum atomic E-state index is -0.250. The predicted octanol–water partition coefficient (Wildman–Crippen LogP) is 1.67. The minimum absolute atomic E-state index is 0. The summed E-state index contributed by atoms with van der Waals surface area (Å²) in [4.78, 5) is 23.5. The monoisotopic (exact) mass is 331 g/mol. The van der Waals surface area contributed by atoms with Gasteiger partial charge in [0.1, 0.15) is 0 Å². The van der Waals surface area contributed by atoms with Gasteiger partial charge in [-0.3, -0.25) is 9.59 Å². The second-order valence-corrected chi connectivity index (χ2v) is 5.42. The summed E-state index contributed by atoms with van der Waals surface area (Å²) in [6.07, 6.45) is 0. The molecule has 1 heterocycles. The van der Waals surface area contributed by atoms with E-state index in [2.05, 4.69) is 16.0 Å². The fraction of sp³-hybridized carbons (Fsp3) is 0.429. The highest BCUT2D eigenvalue weighted by Gasteiger charge is 2.28. The van der Waals surface area contributed by atoms with Gasteiger partial charge >= 0.3 is 0 Å². The zero-order chi connectivity index (χ0) is 14.5. The van der Waals surface area contributed by atoms with Gasteiger partial charge in [-0.1, -0.05) is 18.5 Å². The van der Waals surface area contributed by atoms with E-state index in [1.165, 1.54) is 0 Å². The lowest BCUT2D eigenvalue weighted by molar-refractivity contribution is -0.128. The summed E-state index contributed by atoms with van der Waals surface area (Å²) in [6, 6.07) is 6.82. The van der Waals surface area contributed by atoms with Crippen LogP contribution in [0.2, 0.25) is 5.02 Å². The third kappa shape index (κ3) is 5.19. The standard InChI is InChI=1S/C14H18ClN3O2.ClH/c1-9(10-6-16-7-10)14(20)17-8-13(19)18-12-4-2-11(15)3-5-12;/h2-5,9-10,16H,6-8H2,1H3,(H,17,20)(H,18,19);1H. The van der Waals surface area contributed by atoms with E-state index in [1.54, 1.807) is 24.3 Å². The van der Waals surface area contributed by atoms with Gasteiger partial charge in [0.05, 0.1) is 6.54 Å². The average molecular weight is 332 g/mol. The van der Waals surface area contributed by atoms with Gasteiger partial charge in [0.2, 0.25) is 11.8 Å². The number of anilines is 1. The molecular formula is C14H19Cl2N3O2. The van der Waals surface area contributed by atoms with Crippen molar-refractivity contribution < 1.29 is 9.59 Å². The van der Waals surface area contributed by atoms with Crippen LogP contribution in [0, 0.1) is 11.8 Å². The van der Waals surface area contributed by atoms with Crippen LogP contribution in [0.4, 0.5) is 5.69 Å². The molecule has 0 aliphatic carbocycles. The zero-order valence-corrected chi connectivity index (χ0v) is 13.3. The molecule has 2 rings (SSSR count). The van der Waals surface area contributed by atoms with Crippen LogP contribution in [0.15, 0.2) is 24.3 Å². The summed E-state index contributed by atoms with van der Waals surface area (Å²) in [7, 11) is 0. The summed E-state index contributed by atoms with van der Waals surface area (Å²) in [6.45, 7) is 3.60. The minimum Gasteiger partial charge on any atom is -0.347 e. The highest BCUT2D eigenvalue weighted by molar-refractivity contribution is 6.30. The lowest BCUT2D eigenvalue weighted by Gasteiger charge is -2.31. The predicted molar refractivity (Wildman–Crippen MR) is 85.9 cm³/mol. The van der Waals surface area contributed by atoms with Gasteiger partial charge in [-0.25, -0.2) is 0 Å². The molecule has 3 N–H and O–H groups in total. The molecule has 1 aliphatic rings. The molecule has 1 aromatic rings. The first-order chi connectivity index (χ1) is 9.56. The number of amides is 2. The number of rotatable bonds is 5. The van der Waals surface area contributed by atoms with E-state index in [1.807, 2.05) is 6.92 Å². The molecule has 21 heavy (non-hydrogen) atoms. The van der Waals surface area contributed by atoms with Crippen molar-refractivity contribution in [2.24, 2.45) is 11.8 Å². The molecule has 0 spiro atoms. The normalized spacial score (nSPS) is 15.3. The number of hydrogen-bond acceptors (Lipinski definition) is 3. The number of halogens is 2. The van der Waals surface area contributed by atoms with E-state index < -0.39 is 0 Å². The molecule has 1 fully saturated rings. The van der Waals surface area contributed by atoms with E-state index in [4.69, 9.17) is 11.6 Å². The first-order valence-corrected chi connectivity index (χ1v) is 6.98. The lowest BCUT2D eigenvalue weighted by atomic mass is 9.88. The van der Waals surface area contributed by atoms with Crippen molar-refractivity contribution in [3.63, 3.8) is 0 Å². The summed E-state index contributed by atoms with van der Waals surface area (Å²) >= 11 is 5.76. The number of carbonyl (C=O) groups is 2. The molecular weight excluding hydrogens is 313 g/mol. The SMILES string of the molecule is CC(C(=O)NCC(=O)Nc1ccc(Cl)cc1)C1CNC1.Cl. The second kappa shape index (κ2) is 8.22. The molecule has 1 saturated heterocycles. The maximum atomic E-state index is 11.8. The van der Waals surface area contributed by atoms with Gasteiger partial charge in [-0.05, 0) is 43.3 Å². The first kappa shape index (κ1) is 17.8. The number of carbonyl (C=O) groups excluding carboxylic acids is 2. The summed E-state index contributed by atoms with van der Waals surface area (Å²) in [5.74, 6) is -0.0312. The summed E-state index contributed by atoms with van der Waals surface area (Å²) in [5.41, 5.74) is 0.657. The molecule has 5 nitrogen and oxygen atoms in total. The Morgan fingerprint density at radius 2 is 1.95 bits per heavy atom. The second-order valence-electron chi connectivity index (χ2n) is 4.98. The highest BCUT2D eigenvalue weighted by atomic mass is 35.5. The molecule has 1 unspecified atom stereocenters. The maximum absolute atomic E-state index is 11.8. The largest absolute Gasteiger partial charge is 0.347 e. The molecule has 0 saturated carbocycles.